The van der Waals surface area contributed by atoms with E-state index in [1.165, 1.54) is 11.1 Å². The normalized spacial score (nSPS) is 10.6. The van der Waals surface area contributed by atoms with Crippen molar-refractivity contribution in [2.45, 2.75) is 24.7 Å². The van der Waals surface area contributed by atoms with E-state index < -0.39 is 0 Å². The molecule has 100 valence electrons. The van der Waals surface area contributed by atoms with Gasteiger partial charge in [-0.1, -0.05) is 48.5 Å². The Labute approximate surface area is 118 Å². The molecule has 0 spiro atoms. The number of aliphatic hydroxyl groups is 2. The average Bonchev–Trinajstić information content (AvgIpc) is 2.49. The molecule has 0 atom stereocenters. The first-order valence-electron chi connectivity index (χ1n) is 6.27. The fraction of sp³-hybridized carbons (Fsp3) is 0.250. The summed E-state index contributed by atoms with van der Waals surface area (Å²) < 4.78 is 0. The second-order valence-electron chi connectivity index (χ2n) is 4.44. The van der Waals surface area contributed by atoms with Gasteiger partial charge in [0.25, 0.3) is 0 Å². The lowest BCUT2D eigenvalue weighted by molar-refractivity contribution is 0.281. The maximum absolute atomic E-state index is 8.97. The fourth-order valence-corrected chi connectivity index (χ4v) is 2.73. The fourth-order valence-electron chi connectivity index (χ4n) is 1.77. The van der Waals surface area contributed by atoms with Crippen LogP contribution in [-0.2, 0) is 24.7 Å². The Balaban J connectivity index is 1.81. The molecule has 2 aromatic rings. The lowest BCUT2D eigenvalue weighted by atomic mass is 10.2. The first-order chi connectivity index (χ1) is 9.31. The molecule has 0 radical (unpaired) electrons. The number of hydrogen-bond acceptors (Lipinski definition) is 3. The molecule has 0 saturated heterocycles. The molecule has 0 aliphatic heterocycles. The van der Waals surface area contributed by atoms with Crippen LogP contribution < -0.4 is 0 Å². The summed E-state index contributed by atoms with van der Waals surface area (Å²) in [5, 5.41) is 17.9. The highest BCUT2D eigenvalue weighted by molar-refractivity contribution is 7.97. The van der Waals surface area contributed by atoms with Crippen LogP contribution in [0.4, 0.5) is 0 Å². The Morgan fingerprint density at radius 1 is 0.579 bits per heavy atom. The van der Waals surface area contributed by atoms with Gasteiger partial charge in [-0.2, -0.15) is 11.8 Å². The minimum atomic E-state index is 0.102. The van der Waals surface area contributed by atoms with Gasteiger partial charge < -0.3 is 10.2 Å². The smallest absolute Gasteiger partial charge is 0.0681 e. The van der Waals surface area contributed by atoms with Gasteiger partial charge in [0.05, 0.1) is 13.2 Å². The summed E-state index contributed by atoms with van der Waals surface area (Å²) in [6.07, 6.45) is 0. The number of benzene rings is 2. The molecule has 0 bridgehead atoms. The minimum Gasteiger partial charge on any atom is -0.392 e. The van der Waals surface area contributed by atoms with E-state index >= 15 is 0 Å². The Bertz CT molecular complexity index is 444. The van der Waals surface area contributed by atoms with E-state index in [1.54, 1.807) is 0 Å². The molecular formula is C16H18O2S. The summed E-state index contributed by atoms with van der Waals surface area (Å²) in [6, 6.07) is 16.1. The maximum Gasteiger partial charge on any atom is 0.0681 e. The molecule has 2 aromatic carbocycles. The topological polar surface area (TPSA) is 40.5 Å². The van der Waals surface area contributed by atoms with Gasteiger partial charge in [-0.3, -0.25) is 0 Å². The lowest BCUT2D eigenvalue weighted by Crippen LogP contribution is -1.87. The van der Waals surface area contributed by atoms with Crippen LogP contribution in [0.5, 0.6) is 0 Å². The molecule has 0 fully saturated rings. The summed E-state index contributed by atoms with van der Waals surface area (Å²) >= 11 is 1.86. The van der Waals surface area contributed by atoms with Gasteiger partial charge >= 0.3 is 0 Å². The molecule has 0 amide bonds. The Morgan fingerprint density at radius 3 is 1.21 bits per heavy atom. The van der Waals surface area contributed by atoms with E-state index in [1.807, 2.05) is 36.0 Å². The van der Waals surface area contributed by atoms with E-state index in [0.29, 0.717) is 0 Å². The van der Waals surface area contributed by atoms with Crippen LogP contribution in [0.15, 0.2) is 48.5 Å². The molecule has 0 saturated carbocycles. The molecule has 2 nitrogen and oxygen atoms in total. The lowest BCUT2D eigenvalue weighted by Gasteiger charge is -2.04. The van der Waals surface area contributed by atoms with E-state index in [9.17, 15) is 0 Å². The van der Waals surface area contributed by atoms with Crippen molar-refractivity contribution >= 4 is 11.8 Å². The van der Waals surface area contributed by atoms with Gasteiger partial charge in [-0.25, -0.2) is 0 Å². The van der Waals surface area contributed by atoms with E-state index in [4.69, 9.17) is 10.2 Å². The van der Waals surface area contributed by atoms with Crippen LogP contribution in [0.3, 0.4) is 0 Å². The number of rotatable bonds is 6. The summed E-state index contributed by atoms with van der Waals surface area (Å²) in [5.74, 6) is 1.93. The molecule has 0 aliphatic carbocycles. The highest BCUT2D eigenvalue weighted by atomic mass is 32.2. The van der Waals surface area contributed by atoms with Gasteiger partial charge in [0.15, 0.2) is 0 Å². The predicted octanol–water partition coefficient (Wildman–Crippen LogP) is 3.10. The molecule has 3 heteroatoms. The Hall–Kier alpha value is -1.29. The van der Waals surface area contributed by atoms with Gasteiger partial charge in [-0.05, 0) is 22.3 Å². The van der Waals surface area contributed by atoms with Crippen LogP contribution in [-0.4, -0.2) is 10.2 Å². The van der Waals surface area contributed by atoms with Crippen molar-refractivity contribution in [1.29, 1.82) is 0 Å². The maximum atomic E-state index is 8.97. The third-order valence-corrected chi connectivity index (χ3v) is 4.02. The average molecular weight is 274 g/mol. The van der Waals surface area contributed by atoms with Crippen molar-refractivity contribution in [2.75, 3.05) is 0 Å². The zero-order valence-corrected chi connectivity index (χ0v) is 11.6. The summed E-state index contributed by atoms with van der Waals surface area (Å²) in [4.78, 5) is 0. The molecule has 0 aliphatic rings. The Kier molecular flexibility index (Phi) is 5.45. The van der Waals surface area contributed by atoms with Crippen molar-refractivity contribution < 1.29 is 10.2 Å². The number of aliphatic hydroxyl groups excluding tert-OH is 2. The van der Waals surface area contributed by atoms with Gasteiger partial charge in [0.2, 0.25) is 0 Å². The first kappa shape index (κ1) is 14.1. The molecule has 0 aromatic heterocycles. The van der Waals surface area contributed by atoms with Crippen molar-refractivity contribution in [1.82, 2.24) is 0 Å². The van der Waals surface area contributed by atoms with E-state index in [2.05, 4.69) is 24.3 Å². The van der Waals surface area contributed by atoms with E-state index in [0.717, 1.165) is 22.6 Å². The molecular weight excluding hydrogens is 256 g/mol. The van der Waals surface area contributed by atoms with Gasteiger partial charge in [0.1, 0.15) is 0 Å². The highest BCUT2D eigenvalue weighted by Crippen LogP contribution is 2.18. The van der Waals surface area contributed by atoms with Crippen LogP contribution >= 0.6 is 11.8 Å². The summed E-state index contributed by atoms with van der Waals surface area (Å²) in [6.45, 7) is 0.204. The van der Waals surface area contributed by atoms with Crippen molar-refractivity contribution in [3.8, 4) is 0 Å². The monoisotopic (exact) mass is 274 g/mol. The zero-order valence-electron chi connectivity index (χ0n) is 10.7. The van der Waals surface area contributed by atoms with Crippen LogP contribution in [0.2, 0.25) is 0 Å². The first-order valence-corrected chi connectivity index (χ1v) is 7.42. The van der Waals surface area contributed by atoms with Gasteiger partial charge in [-0.15, -0.1) is 0 Å². The highest BCUT2D eigenvalue weighted by Gasteiger charge is 1.97. The summed E-state index contributed by atoms with van der Waals surface area (Å²) in [5.41, 5.74) is 4.45. The van der Waals surface area contributed by atoms with Gasteiger partial charge in [0, 0.05) is 11.5 Å². The SMILES string of the molecule is OCc1ccc(CSCc2ccc(CO)cc2)cc1. The quantitative estimate of drug-likeness (QED) is 0.850. The molecule has 2 rings (SSSR count). The Morgan fingerprint density at radius 2 is 0.895 bits per heavy atom. The minimum absolute atomic E-state index is 0.102. The number of thioether (sulfide) groups is 1. The molecule has 2 N–H and O–H groups in total. The van der Waals surface area contributed by atoms with Crippen molar-refractivity contribution in [3.05, 3.63) is 70.8 Å². The number of hydrogen-bond donors (Lipinski definition) is 2. The third kappa shape index (κ3) is 4.39. The molecule has 19 heavy (non-hydrogen) atoms. The zero-order chi connectivity index (χ0) is 13.5. The van der Waals surface area contributed by atoms with Crippen molar-refractivity contribution in [2.24, 2.45) is 0 Å². The molecule has 0 unspecified atom stereocenters. The van der Waals surface area contributed by atoms with Crippen LogP contribution in [0, 0.1) is 0 Å². The summed E-state index contributed by atoms with van der Waals surface area (Å²) in [7, 11) is 0. The predicted molar refractivity (Wildman–Crippen MR) is 79.7 cm³/mol. The second-order valence-corrected chi connectivity index (χ2v) is 5.43. The second kappa shape index (κ2) is 7.34. The van der Waals surface area contributed by atoms with E-state index in [-0.39, 0.29) is 13.2 Å². The van der Waals surface area contributed by atoms with Crippen molar-refractivity contribution in [3.63, 3.8) is 0 Å². The molecule has 0 heterocycles. The largest absolute Gasteiger partial charge is 0.392 e. The third-order valence-electron chi connectivity index (χ3n) is 2.95. The standard InChI is InChI=1S/C16H18O2S/c17-9-13-1-5-15(6-2-13)11-19-12-16-7-3-14(10-18)4-8-16/h1-8,17-18H,9-12H2. The van der Waals surface area contributed by atoms with Crippen LogP contribution in [0.1, 0.15) is 22.3 Å². The van der Waals surface area contributed by atoms with Crippen LogP contribution in [0.25, 0.3) is 0 Å².